The number of amidine groups is 1. The number of rotatable bonds is 5. The molecule has 2 rings (SSSR count). The van der Waals surface area contributed by atoms with E-state index in [0.29, 0.717) is 5.84 Å². The van der Waals surface area contributed by atoms with Crippen molar-refractivity contribution in [1.82, 2.24) is 9.88 Å². The third-order valence-corrected chi connectivity index (χ3v) is 3.78. The summed E-state index contributed by atoms with van der Waals surface area (Å²) in [5.74, 6) is 0.575. The second-order valence-electron chi connectivity index (χ2n) is 5.44. The zero-order chi connectivity index (χ0) is 16.1. The number of para-hydroxylation sites is 1. The highest BCUT2D eigenvalue weighted by molar-refractivity contribution is 5.96. The van der Waals surface area contributed by atoms with Gasteiger partial charge < -0.3 is 10.2 Å². The number of aromatic nitrogens is 1. The highest BCUT2D eigenvalue weighted by atomic mass is 15.1. The number of aryl methyl sites for hydroxylation is 1. The predicted molar refractivity (Wildman–Crippen MR) is 95.7 cm³/mol. The number of allylic oxidation sites excluding steroid dienone is 1. The molecular formula is C18H24N4. The lowest BCUT2D eigenvalue weighted by Crippen LogP contribution is -2.29. The van der Waals surface area contributed by atoms with Crippen LogP contribution in [0.1, 0.15) is 25.1 Å². The van der Waals surface area contributed by atoms with E-state index in [1.807, 2.05) is 50.1 Å². The van der Waals surface area contributed by atoms with Gasteiger partial charge in [0.2, 0.25) is 0 Å². The van der Waals surface area contributed by atoms with Gasteiger partial charge in [0.15, 0.2) is 0 Å². The van der Waals surface area contributed by atoms with E-state index in [2.05, 4.69) is 17.5 Å². The molecule has 116 valence electrons. The molecule has 0 fully saturated rings. The summed E-state index contributed by atoms with van der Waals surface area (Å²) >= 11 is 0. The quantitative estimate of drug-likeness (QED) is 0.649. The first-order valence-corrected chi connectivity index (χ1v) is 7.56. The lowest BCUT2D eigenvalue weighted by atomic mass is 10.1. The molecule has 2 aromatic rings. The Kier molecular flexibility index (Phi) is 5.15. The molecule has 0 aliphatic carbocycles. The predicted octanol–water partition coefficient (Wildman–Crippen LogP) is 3.92. The molecule has 0 spiro atoms. The van der Waals surface area contributed by atoms with Crippen molar-refractivity contribution in [2.24, 2.45) is 0 Å². The summed E-state index contributed by atoms with van der Waals surface area (Å²) in [6.07, 6.45) is 4.14. The molecule has 4 heteroatoms. The summed E-state index contributed by atoms with van der Waals surface area (Å²) in [5, 5.41) is 12.3. The van der Waals surface area contributed by atoms with Crippen molar-refractivity contribution in [3.63, 3.8) is 0 Å². The molecule has 1 aromatic heterocycles. The van der Waals surface area contributed by atoms with E-state index < -0.39 is 0 Å². The third-order valence-electron chi connectivity index (χ3n) is 3.78. The number of anilines is 1. The van der Waals surface area contributed by atoms with Crippen LogP contribution in [0.5, 0.6) is 0 Å². The molecule has 0 aliphatic rings. The minimum absolute atomic E-state index is 0.575. The number of hydrogen-bond donors (Lipinski definition) is 2. The van der Waals surface area contributed by atoms with Crippen LogP contribution >= 0.6 is 0 Å². The van der Waals surface area contributed by atoms with E-state index in [0.717, 1.165) is 40.9 Å². The van der Waals surface area contributed by atoms with E-state index in [9.17, 15) is 0 Å². The van der Waals surface area contributed by atoms with E-state index in [4.69, 9.17) is 10.4 Å². The molecule has 0 unspecified atom stereocenters. The van der Waals surface area contributed by atoms with Crippen LogP contribution in [0.2, 0.25) is 0 Å². The Balaban J connectivity index is 2.36. The Hall–Kier alpha value is -2.36. The molecule has 1 heterocycles. The second-order valence-corrected chi connectivity index (χ2v) is 5.44. The van der Waals surface area contributed by atoms with Crippen LogP contribution < -0.4 is 5.32 Å². The molecular weight excluding hydrogens is 272 g/mol. The van der Waals surface area contributed by atoms with Gasteiger partial charge in [-0.15, -0.1) is 0 Å². The molecule has 0 amide bonds. The highest BCUT2D eigenvalue weighted by Gasteiger charge is 2.10. The van der Waals surface area contributed by atoms with Crippen molar-refractivity contribution in [1.29, 1.82) is 5.41 Å². The van der Waals surface area contributed by atoms with Gasteiger partial charge in [0.25, 0.3) is 0 Å². The molecule has 4 nitrogen and oxygen atoms in total. The maximum absolute atomic E-state index is 7.63. The molecule has 0 bridgehead atoms. The van der Waals surface area contributed by atoms with Gasteiger partial charge in [-0.05, 0) is 26.8 Å². The van der Waals surface area contributed by atoms with Gasteiger partial charge in [0.1, 0.15) is 0 Å². The van der Waals surface area contributed by atoms with Crippen LogP contribution in [0.15, 0.2) is 30.3 Å². The van der Waals surface area contributed by atoms with E-state index in [1.54, 1.807) is 6.92 Å². The second kappa shape index (κ2) is 7.07. The lowest BCUT2D eigenvalue weighted by Gasteiger charge is -2.20. The fraction of sp³-hybridized carbons (Fsp3) is 0.333. The van der Waals surface area contributed by atoms with E-state index in [1.165, 1.54) is 0 Å². The summed E-state index contributed by atoms with van der Waals surface area (Å²) in [6, 6.07) is 8.20. The summed E-state index contributed by atoms with van der Waals surface area (Å²) in [4.78, 5) is 6.62. The smallest absolute Gasteiger partial charge is 0.0923 e. The van der Waals surface area contributed by atoms with Gasteiger partial charge in [-0.2, -0.15) is 0 Å². The fourth-order valence-electron chi connectivity index (χ4n) is 2.43. The first kappa shape index (κ1) is 16.0. The Morgan fingerprint density at radius 2 is 2.09 bits per heavy atom. The normalized spacial score (nSPS) is 11.1. The molecule has 0 aliphatic heterocycles. The van der Waals surface area contributed by atoms with Crippen LogP contribution in [0.25, 0.3) is 17.0 Å². The molecule has 2 N–H and O–H groups in total. The maximum Gasteiger partial charge on any atom is 0.0923 e. The summed E-state index contributed by atoms with van der Waals surface area (Å²) in [7, 11) is 1.94. The highest BCUT2D eigenvalue weighted by Crippen LogP contribution is 2.29. The van der Waals surface area contributed by atoms with Crippen molar-refractivity contribution in [2.45, 2.75) is 20.8 Å². The van der Waals surface area contributed by atoms with Gasteiger partial charge in [0, 0.05) is 36.8 Å². The minimum atomic E-state index is 0.575. The number of hydrogen-bond acceptors (Lipinski definition) is 3. The molecule has 0 atom stereocenters. The van der Waals surface area contributed by atoms with Crippen LogP contribution in [0.4, 0.5) is 5.69 Å². The summed E-state index contributed by atoms with van der Waals surface area (Å²) in [6.45, 7) is 7.44. The molecule has 0 saturated carbocycles. The van der Waals surface area contributed by atoms with Crippen molar-refractivity contribution < 1.29 is 0 Å². The number of likely N-dealkylation sites (N-methyl/N-ethyl adjacent to an activating group) is 1. The SMILES string of the molecule is C/C=C\c1c(C)nc2ccccc2c1NCCN(C)C(C)=N. The van der Waals surface area contributed by atoms with Gasteiger partial charge in [-0.1, -0.05) is 30.4 Å². The molecule has 22 heavy (non-hydrogen) atoms. The van der Waals surface area contributed by atoms with Crippen LogP contribution in [-0.4, -0.2) is 35.9 Å². The van der Waals surface area contributed by atoms with Crippen LogP contribution in [0, 0.1) is 12.3 Å². The zero-order valence-corrected chi connectivity index (χ0v) is 13.8. The van der Waals surface area contributed by atoms with Crippen molar-refractivity contribution in [2.75, 3.05) is 25.5 Å². The van der Waals surface area contributed by atoms with E-state index in [-0.39, 0.29) is 0 Å². The first-order chi connectivity index (χ1) is 10.5. The molecule has 1 aromatic carbocycles. The van der Waals surface area contributed by atoms with Gasteiger partial charge in [-0.3, -0.25) is 10.4 Å². The van der Waals surface area contributed by atoms with Crippen molar-refractivity contribution in [3.8, 4) is 0 Å². The number of nitrogens with one attached hydrogen (secondary N) is 2. The Bertz CT molecular complexity index is 704. The molecule has 0 saturated heterocycles. The van der Waals surface area contributed by atoms with Crippen molar-refractivity contribution >= 4 is 28.5 Å². The Morgan fingerprint density at radius 1 is 1.36 bits per heavy atom. The number of pyridine rings is 1. The maximum atomic E-state index is 7.63. The molecule has 0 radical (unpaired) electrons. The third kappa shape index (κ3) is 3.45. The number of fused-ring (bicyclic) bond motifs is 1. The standard InChI is InChI=1S/C18H24N4/c1-5-8-15-13(2)21-17-10-7-6-9-16(17)18(15)20-11-12-22(4)14(3)19/h5-10,19H,11-12H2,1-4H3,(H,20,21)/b8-5-,19-14?. The Labute approximate surface area is 132 Å². The van der Waals surface area contributed by atoms with E-state index >= 15 is 0 Å². The average molecular weight is 296 g/mol. The van der Waals surface area contributed by atoms with Crippen LogP contribution in [0.3, 0.4) is 0 Å². The van der Waals surface area contributed by atoms with Gasteiger partial charge in [0.05, 0.1) is 17.0 Å². The number of benzene rings is 1. The fourth-order valence-corrected chi connectivity index (χ4v) is 2.43. The van der Waals surface area contributed by atoms with Crippen molar-refractivity contribution in [3.05, 3.63) is 41.6 Å². The summed E-state index contributed by atoms with van der Waals surface area (Å²) < 4.78 is 0. The summed E-state index contributed by atoms with van der Waals surface area (Å²) in [5.41, 5.74) is 4.29. The zero-order valence-electron chi connectivity index (χ0n) is 13.8. The monoisotopic (exact) mass is 296 g/mol. The largest absolute Gasteiger partial charge is 0.382 e. The lowest BCUT2D eigenvalue weighted by molar-refractivity contribution is 0.516. The topological polar surface area (TPSA) is 52.0 Å². The van der Waals surface area contributed by atoms with Crippen LogP contribution in [-0.2, 0) is 0 Å². The first-order valence-electron chi connectivity index (χ1n) is 7.56. The average Bonchev–Trinajstić information content (AvgIpc) is 2.49. The Morgan fingerprint density at radius 3 is 2.77 bits per heavy atom. The van der Waals surface area contributed by atoms with Gasteiger partial charge in [-0.25, -0.2) is 0 Å². The van der Waals surface area contributed by atoms with Gasteiger partial charge >= 0.3 is 0 Å². The number of nitrogens with zero attached hydrogens (tertiary/aromatic N) is 2. The minimum Gasteiger partial charge on any atom is -0.382 e.